The molecule has 0 rings (SSSR count). The molecule has 8 heteroatoms. The van der Waals surface area contributed by atoms with Gasteiger partial charge in [0, 0.05) is 54.5 Å². The number of thiocarbonyl (C=S) groups is 2. The van der Waals surface area contributed by atoms with Crippen LogP contribution in [0, 0.1) is 0 Å². The van der Waals surface area contributed by atoms with E-state index < -0.39 is 0 Å². The molecule has 0 aromatic heterocycles. The van der Waals surface area contributed by atoms with E-state index in [0.29, 0.717) is 4.32 Å². The molecule has 0 aromatic rings. The van der Waals surface area contributed by atoms with Gasteiger partial charge in [-0.2, -0.15) is 0 Å². The van der Waals surface area contributed by atoms with Gasteiger partial charge in [0.1, 0.15) is 8.64 Å². The van der Waals surface area contributed by atoms with Crippen molar-refractivity contribution in [3.8, 4) is 0 Å². The molecule has 22 heavy (non-hydrogen) atoms. The van der Waals surface area contributed by atoms with E-state index in [-0.39, 0.29) is 53.5 Å². The molecular formula is C14H33BiCdN2S4. The minimum absolute atomic E-state index is 0. The SMILES string of the molecule is CCCCCN(CCCCC)C(=S)S.CN(C)C(=S)S.[BiH3].[Cd]. The maximum absolute atomic E-state index is 5.11. The van der Waals surface area contributed by atoms with Crippen LogP contribution in [-0.4, -0.2) is 71.8 Å². The van der Waals surface area contributed by atoms with E-state index in [2.05, 4.69) is 56.2 Å². The van der Waals surface area contributed by atoms with E-state index in [1.54, 1.807) is 4.90 Å². The first-order chi connectivity index (χ1) is 9.36. The van der Waals surface area contributed by atoms with E-state index in [0.717, 1.165) is 17.4 Å². The fourth-order valence-corrected chi connectivity index (χ4v) is 1.79. The van der Waals surface area contributed by atoms with Crippen molar-refractivity contribution in [1.29, 1.82) is 0 Å². The largest absolute Gasteiger partial charge is 0 e. The Balaban J connectivity index is -0.000000174. The number of unbranched alkanes of at least 4 members (excludes halogenated alkanes) is 4. The van der Waals surface area contributed by atoms with Gasteiger partial charge in [-0.05, 0) is 12.8 Å². The third kappa shape index (κ3) is 24.5. The van der Waals surface area contributed by atoms with Crippen LogP contribution in [0.5, 0.6) is 0 Å². The van der Waals surface area contributed by atoms with E-state index in [4.69, 9.17) is 12.2 Å². The summed E-state index contributed by atoms with van der Waals surface area (Å²) < 4.78 is 1.38. The molecule has 0 aliphatic rings. The van der Waals surface area contributed by atoms with Gasteiger partial charge in [0.15, 0.2) is 0 Å². The molecule has 0 aliphatic carbocycles. The van der Waals surface area contributed by atoms with Crippen molar-refractivity contribution in [2.75, 3.05) is 27.2 Å². The summed E-state index contributed by atoms with van der Waals surface area (Å²) in [7, 11) is 3.71. The number of hydrogen-bond donors (Lipinski definition) is 2. The van der Waals surface area contributed by atoms with Crippen LogP contribution in [0.4, 0.5) is 0 Å². The van der Waals surface area contributed by atoms with Crippen molar-refractivity contribution >= 4 is 84.5 Å². The summed E-state index contributed by atoms with van der Waals surface area (Å²) in [6, 6.07) is 0. The average Bonchev–Trinajstić information content (AvgIpc) is 2.37. The van der Waals surface area contributed by atoms with Crippen LogP contribution < -0.4 is 0 Å². The molecule has 130 valence electrons. The normalized spacial score (nSPS) is 8.64. The predicted octanol–water partition coefficient (Wildman–Crippen LogP) is 3.46. The fourth-order valence-electron chi connectivity index (χ4n) is 1.41. The molecule has 0 unspecified atom stereocenters. The van der Waals surface area contributed by atoms with Gasteiger partial charge in [0.05, 0.1) is 0 Å². The van der Waals surface area contributed by atoms with Crippen molar-refractivity contribution in [2.45, 2.75) is 52.4 Å². The minimum Gasteiger partial charge on any atom is 0 e. The van der Waals surface area contributed by atoms with Crippen LogP contribution in [0.25, 0.3) is 0 Å². The zero-order valence-electron chi connectivity index (χ0n) is 14.7. The topological polar surface area (TPSA) is 6.48 Å². The Kier molecular flexibility index (Phi) is 33.9. The van der Waals surface area contributed by atoms with Gasteiger partial charge < -0.3 is 9.80 Å². The molecule has 0 aliphatic heterocycles. The zero-order chi connectivity index (χ0) is 16.0. The van der Waals surface area contributed by atoms with Crippen molar-refractivity contribution in [1.82, 2.24) is 9.80 Å². The van der Waals surface area contributed by atoms with Gasteiger partial charge in [-0.25, -0.2) is 0 Å². The van der Waals surface area contributed by atoms with Gasteiger partial charge in [-0.1, -0.05) is 64.0 Å². The van der Waals surface area contributed by atoms with Crippen LogP contribution in [0.3, 0.4) is 0 Å². The Morgan fingerprint density at radius 2 is 1.14 bits per heavy atom. The minimum atomic E-state index is 0. The second kappa shape index (κ2) is 23.3. The molecular weight excluding hydrogens is 646 g/mol. The molecule has 0 saturated carbocycles. The molecule has 0 spiro atoms. The van der Waals surface area contributed by atoms with Crippen LogP contribution in [0.15, 0.2) is 0 Å². The summed E-state index contributed by atoms with van der Waals surface area (Å²) in [5, 5.41) is 0. The Bertz CT molecular complexity index is 259. The Hall–Kier alpha value is 2.29. The van der Waals surface area contributed by atoms with Crippen molar-refractivity contribution in [2.24, 2.45) is 0 Å². The zero-order valence-corrected chi connectivity index (χ0v) is 27.6. The molecule has 0 radical (unpaired) electrons. The number of hydrogen-bond acceptors (Lipinski definition) is 2. The summed E-state index contributed by atoms with van der Waals surface area (Å²) in [6.45, 7) is 6.61. The second-order valence-electron chi connectivity index (χ2n) is 4.86. The van der Waals surface area contributed by atoms with Gasteiger partial charge in [0.25, 0.3) is 0 Å². The number of rotatable bonds is 8. The predicted molar refractivity (Wildman–Crippen MR) is 117 cm³/mol. The molecule has 0 amide bonds. The van der Waals surface area contributed by atoms with Crippen LogP contribution >= 0.6 is 49.7 Å². The Morgan fingerprint density at radius 3 is 1.32 bits per heavy atom. The van der Waals surface area contributed by atoms with Crippen LogP contribution in [0.1, 0.15) is 52.4 Å². The van der Waals surface area contributed by atoms with E-state index in [1.165, 1.54) is 38.5 Å². The number of thiol groups is 2. The maximum Gasteiger partial charge on any atom is 0 e. The molecule has 0 heterocycles. The van der Waals surface area contributed by atoms with Crippen molar-refractivity contribution in [3.05, 3.63) is 0 Å². The summed E-state index contributed by atoms with van der Waals surface area (Å²) in [5.74, 6) is 0. The summed E-state index contributed by atoms with van der Waals surface area (Å²) in [5.41, 5.74) is 0. The van der Waals surface area contributed by atoms with Gasteiger partial charge in [0.2, 0.25) is 0 Å². The van der Waals surface area contributed by atoms with Gasteiger partial charge in [-0.3, -0.25) is 0 Å². The molecule has 0 fully saturated rings. The summed E-state index contributed by atoms with van der Waals surface area (Å²) in [4.78, 5) is 3.99. The first-order valence-corrected chi connectivity index (χ1v) is 8.95. The Morgan fingerprint density at radius 1 is 0.818 bits per heavy atom. The van der Waals surface area contributed by atoms with E-state index in [1.807, 2.05) is 14.1 Å². The Labute approximate surface area is 199 Å². The summed E-state index contributed by atoms with van der Waals surface area (Å²) in [6.07, 6.45) is 7.60. The van der Waals surface area contributed by atoms with E-state index >= 15 is 0 Å². The molecule has 0 N–H and O–H groups in total. The van der Waals surface area contributed by atoms with Gasteiger partial charge in [-0.15, -0.1) is 25.3 Å². The van der Waals surface area contributed by atoms with Gasteiger partial charge >= 0.3 is 26.2 Å². The first-order valence-electron chi connectivity index (χ1n) is 7.24. The van der Waals surface area contributed by atoms with Crippen molar-refractivity contribution in [3.63, 3.8) is 0 Å². The number of nitrogens with zero attached hydrogens (tertiary/aromatic N) is 2. The monoisotopic (exact) mass is 680 g/mol. The summed E-state index contributed by atoms with van der Waals surface area (Å²) >= 11 is 17.8. The molecule has 0 atom stereocenters. The molecule has 0 saturated heterocycles. The molecule has 2 nitrogen and oxygen atoms in total. The van der Waals surface area contributed by atoms with E-state index in [9.17, 15) is 0 Å². The molecule has 0 aromatic carbocycles. The third-order valence-corrected chi connectivity index (χ3v) is 4.02. The van der Waals surface area contributed by atoms with Crippen LogP contribution in [-0.2, 0) is 27.3 Å². The fraction of sp³-hybridized carbons (Fsp3) is 0.857. The third-order valence-electron chi connectivity index (χ3n) is 2.72. The maximum atomic E-state index is 5.11. The van der Waals surface area contributed by atoms with Crippen molar-refractivity contribution < 1.29 is 27.3 Å². The average molecular weight is 679 g/mol. The smallest absolute Gasteiger partial charge is 0 e. The van der Waals surface area contributed by atoms with Crippen LogP contribution in [0.2, 0.25) is 0 Å². The standard InChI is InChI=1S/C11H23NS2.C3H7NS2.Bi.Cd.3H/c1-3-5-7-9-12(11(13)14)10-8-6-4-2;1-4(2)3(5)6;;;;;/h3-10H2,1-2H3,(H,13,14);1-2H3,(H,5,6);;;;;. The molecule has 0 bridgehead atoms. The first kappa shape index (κ1) is 32.0. The second-order valence-corrected chi connectivity index (χ2v) is 7.09. The quantitative estimate of drug-likeness (QED) is 0.176.